The van der Waals surface area contributed by atoms with E-state index in [9.17, 15) is 14.9 Å². The van der Waals surface area contributed by atoms with E-state index in [1.165, 1.54) is 25.1 Å². The highest BCUT2D eigenvalue weighted by atomic mass is 79.9. The number of hydrogen-bond acceptors (Lipinski definition) is 3. The second-order valence-electron chi connectivity index (χ2n) is 2.79. The number of benzene rings is 1. The minimum Gasteiger partial charge on any atom is -0.295 e. The number of rotatable bonds is 3. The number of nitrogens with zero attached hydrogens (tertiary/aromatic N) is 1. The molecule has 0 saturated carbocycles. The van der Waals surface area contributed by atoms with Gasteiger partial charge in [0.05, 0.1) is 4.92 Å². The van der Waals surface area contributed by atoms with E-state index in [-0.39, 0.29) is 11.5 Å². The molecule has 0 heterocycles. The van der Waals surface area contributed by atoms with Gasteiger partial charge in [0.1, 0.15) is 0 Å². The van der Waals surface area contributed by atoms with Crippen LogP contribution in [0, 0.1) is 10.1 Å². The zero-order chi connectivity index (χ0) is 10.7. The molecule has 0 unspecified atom stereocenters. The number of alkyl halides is 1. The lowest BCUT2D eigenvalue weighted by molar-refractivity contribution is -0.384. The summed E-state index contributed by atoms with van der Waals surface area (Å²) in [6.45, 7) is 1.44. The number of halogens is 1. The predicted molar refractivity (Wildman–Crippen MR) is 55.7 cm³/mol. The first-order valence-electron chi connectivity index (χ1n) is 3.90. The molecule has 4 nitrogen and oxygen atoms in total. The van der Waals surface area contributed by atoms with Crippen molar-refractivity contribution in [1.29, 1.82) is 0 Å². The Hall–Kier alpha value is -1.23. The molecule has 0 spiro atoms. The molecule has 74 valence electrons. The molecule has 1 aromatic rings. The quantitative estimate of drug-likeness (QED) is 0.362. The monoisotopic (exact) mass is 257 g/mol. The Kier molecular flexibility index (Phi) is 3.35. The van der Waals surface area contributed by atoms with Gasteiger partial charge in [-0.1, -0.05) is 15.9 Å². The van der Waals surface area contributed by atoms with Gasteiger partial charge in [-0.05, 0) is 18.6 Å². The number of non-ortho nitro benzene ring substituents is 1. The van der Waals surface area contributed by atoms with Crippen molar-refractivity contribution >= 4 is 27.4 Å². The number of hydrogen-bond donors (Lipinski definition) is 0. The minimum absolute atomic E-state index is 0.00412. The van der Waals surface area contributed by atoms with Crippen molar-refractivity contribution in [1.82, 2.24) is 0 Å². The summed E-state index contributed by atoms with van der Waals surface area (Å²) in [5.74, 6) is -0.0886. The molecule has 5 heteroatoms. The molecule has 0 N–H and O–H groups in total. The van der Waals surface area contributed by atoms with E-state index in [0.29, 0.717) is 16.5 Å². The second-order valence-corrected chi connectivity index (χ2v) is 3.35. The number of carbonyl (C=O) groups excluding carboxylic acids is 1. The topological polar surface area (TPSA) is 60.2 Å². The van der Waals surface area contributed by atoms with Crippen LogP contribution in [-0.4, -0.2) is 10.7 Å². The summed E-state index contributed by atoms with van der Waals surface area (Å²) < 4.78 is 0. The fourth-order valence-electron chi connectivity index (χ4n) is 1.15. The van der Waals surface area contributed by atoms with Gasteiger partial charge in [0.2, 0.25) is 0 Å². The minimum atomic E-state index is -0.476. The van der Waals surface area contributed by atoms with E-state index in [1.54, 1.807) is 0 Å². The van der Waals surface area contributed by atoms with E-state index in [4.69, 9.17) is 0 Å². The van der Waals surface area contributed by atoms with Crippen LogP contribution in [0.2, 0.25) is 0 Å². The number of carbonyl (C=O) groups is 1. The van der Waals surface area contributed by atoms with Crippen molar-refractivity contribution in [3.05, 3.63) is 39.4 Å². The van der Waals surface area contributed by atoms with Gasteiger partial charge in [-0.15, -0.1) is 0 Å². The third-order valence-electron chi connectivity index (χ3n) is 1.82. The molecule has 0 saturated heterocycles. The number of Topliss-reactive ketones (excluding diaryl/α,β-unsaturated/α-hetero) is 1. The van der Waals surface area contributed by atoms with E-state index in [2.05, 4.69) is 15.9 Å². The lowest BCUT2D eigenvalue weighted by Gasteiger charge is -2.02. The van der Waals surface area contributed by atoms with Crippen LogP contribution in [0.5, 0.6) is 0 Å². The van der Waals surface area contributed by atoms with E-state index < -0.39 is 4.92 Å². The van der Waals surface area contributed by atoms with Gasteiger partial charge in [0, 0.05) is 23.0 Å². The van der Waals surface area contributed by atoms with E-state index in [1.807, 2.05) is 0 Å². The SMILES string of the molecule is CC(=O)c1ccc([N+](=O)[O-])cc1CBr. The van der Waals surface area contributed by atoms with Gasteiger partial charge in [0.15, 0.2) is 5.78 Å². The van der Waals surface area contributed by atoms with E-state index in [0.717, 1.165) is 0 Å². The van der Waals surface area contributed by atoms with Gasteiger partial charge in [-0.3, -0.25) is 14.9 Å². The van der Waals surface area contributed by atoms with Crippen LogP contribution in [-0.2, 0) is 5.33 Å². The van der Waals surface area contributed by atoms with Gasteiger partial charge >= 0.3 is 0 Å². The summed E-state index contributed by atoms with van der Waals surface area (Å²) in [4.78, 5) is 21.1. The van der Waals surface area contributed by atoms with Crippen molar-refractivity contribution in [3.63, 3.8) is 0 Å². The Labute approximate surface area is 89.2 Å². The van der Waals surface area contributed by atoms with Gasteiger partial charge < -0.3 is 0 Å². The van der Waals surface area contributed by atoms with Gasteiger partial charge in [-0.2, -0.15) is 0 Å². The molecule has 0 atom stereocenters. The van der Waals surface area contributed by atoms with Gasteiger partial charge in [-0.25, -0.2) is 0 Å². The smallest absolute Gasteiger partial charge is 0.269 e. The molecule has 0 aromatic heterocycles. The van der Waals surface area contributed by atoms with Crippen molar-refractivity contribution in [2.45, 2.75) is 12.3 Å². The molecule has 0 radical (unpaired) electrons. The van der Waals surface area contributed by atoms with Gasteiger partial charge in [0.25, 0.3) is 5.69 Å². The van der Waals surface area contributed by atoms with Crippen molar-refractivity contribution in [2.24, 2.45) is 0 Å². The molecule has 0 aliphatic rings. The molecule has 1 rings (SSSR count). The second kappa shape index (κ2) is 4.32. The molecular weight excluding hydrogens is 250 g/mol. The lowest BCUT2D eigenvalue weighted by Crippen LogP contribution is -1.99. The average molecular weight is 258 g/mol. The fourth-order valence-corrected chi connectivity index (χ4v) is 1.61. The molecule has 0 bridgehead atoms. The summed E-state index contributed by atoms with van der Waals surface area (Å²) >= 11 is 3.19. The number of nitro benzene ring substituents is 1. The number of ketones is 1. The van der Waals surface area contributed by atoms with Crippen LogP contribution in [0.25, 0.3) is 0 Å². The Morgan fingerprint density at radius 1 is 1.57 bits per heavy atom. The van der Waals surface area contributed by atoms with Crippen LogP contribution in [0.1, 0.15) is 22.8 Å². The molecule has 1 aromatic carbocycles. The third-order valence-corrected chi connectivity index (χ3v) is 2.43. The zero-order valence-electron chi connectivity index (χ0n) is 7.49. The maximum Gasteiger partial charge on any atom is 0.269 e. The highest BCUT2D eigenvalue weighted by Gasteiger charge is 2.12. The van der Waals surface area contributed by atoms with Crippen LogP contribution in [0.15, 0.2) is 18.2 Å². The number of nitro groups is 1. The summed E-state index contributed by atoms with van der Waals surface area (Å²) in [5.41, 5.74) is 1.17. The summed E-state index contributed by atoms with van der Waals surface area (Å²) in [6.07, 6.45) is 0. The molecule has 0 aliphatic heterocycles. The van der Waals surface area contributed by atoms with Crippen molar-refractivity contribution in [3.8, 4) is 0 Å². The summed E-state index contributed by atoms with van der Waals surface area (Å²) in [7, 11) is 0. The maximum atomic E-state index is 11.1. The molecule has 0 fully saturated rings. The predicted octanol–water partition coefficient (Wildman–Crippen LogP) is 2.69. The molecule has 14 heavy (non-hydrogen) atoms. The normalized spacial score (nSPS) is 9.86. The summed E-state index contributed by atoms with van der Waals surface area (Å²) in [5, 5.41) is 10.9. The molecule has 0 amide bonds. The van der Waals surface area contributed by atoms with Crippen LogP contribution in [0.4, 0.5) is 5.69 Å². The standard InChI is InChI=1S/C9H8BrNO3/c1-6(12)9-3-2-8(11(13)14)4-7(9)5-10/h2-4H,5H2,1H3. The Morgan fingerprint density at radius 2 is 2.21 bits per heavy atom. The zero-order valence-corrected chi connectivity index (χ0v) is 9.08. The average Bonchev–Trinajstić information content (AvgIpc) is 2.16. The molecular formula is C9H8BrNO3. The van der Waals surface area contributed by atoms with Crippen molar-refractivity contribution in [2.75, 3.05) is 0 Å². The van der Waals surface area contributed by atoms with Crippen molar-refractivity contribution < 1.29 is 9.72 Å². The fraction of sp³-hybridized carbons (Fsp3) is 0.222. The third kappa shape index (κ3) is 2.17. The maximum absolute atomic E-state index is 11.1. The lowest BCUT2D eigenvalue weighted by atomic mass is 10.1. The Bertz CT molecular complexity index is 390. The largest absolute Gasteiger partial charge is 0.295 e. The molecule has 0 aliphatic carbocycles. The van der Waals surface area contributed by atoms with Crippen LogP contribution >= 0.6 is 15.9 Å². The first-order chi connectivity index (χ1) is 6.56. The first kappa shape index (κ1) is 10.8. The highest BCUT2D eigenvalue weighted by molar-refractivity contribution is 9.08. The Morgan fingerprint density at radius 3 is 2.64 bits per heavy atom. The Balaban J connectivity index is 3.25. The van der Waals surface area contributed by atoms with Crippen LogP contribution < -0.4 is 0 Å². The highest BCUT2D eigenvalue weighted by Crippen LogP contribution is 2.20. The van der Waals surface area contributed by atoms with E-state index >= 15 is 0 Å². The first-order valence-corrected chi connectivity index (χ1v) is 5.02. The summed E-state index contributed by atoms with van der Waals surface area (Å²) in [6, 6.07) is 4.23. The van der Waals surface area contributed by atoms with Crippen LogP contribution in [0.3, 0.4) is 0 Å².